The van der Waals surface area contributed by atoms with Crippen LogP contribution in [-0.4, -0.2) is 37.1 Å². The highest BCUT2D eigenvalue weighted by atomic mass is 16.2. The third-order valence-electron chi connectivity index (χ3n) is 4.83. The molecule has 1 amide bonds. The van der Waals surface area contributed by atoms with E-state index in [0.29, 0.717) is 29.2 Å². The third kappa shape index (κ3) is 2.17. The zero-order valence-corrected chi connectivity index (χ0v) is 12.6. The number of aromatic nitrogens is 3. The van der Waals surface area contributed by atoms with Crippen LogP contribution in [0.4, 0.5) is 0 Å². The molecule has 2 fully saturated rings. The van der Waals surface area contributed by atoms with Gasteiger partial charge < -0.3 is 9.47 Å². The Morgan fingerprint density at radius 2 is 2.23 bits per heavy atom. The van der Waals surface area contributed by atoms with E-state index < -0.39 is 0 Å². The van der Waals surface area contributed by atoms with Gasteiger partial charge in [0.2, 0.25) is 5.91 Å². The van der Waals surface area contributed by atoms with Crippen LogP contribution in [-0.2, 0) is 11.3 Å². The molecule has 0 saturated heterocycles. The van der Waals surface area contributed by atoms with Crippen LogP contribution in [0, 0.1) is 17.2 Å². The van der Waals surface area contributed by atoms with Crippen molar-refractivity contribution in [2.24, 2.45) is 5.92 Å². The molecule has 0 radical (unpaired) electrons. The van der Waals surface area contributed by atoms with Crippen molar-refractivity contribution in [3.8, 4) is 6.07 Å². The van der Waals surface area contributed by atoms with E-state index in [0.717, 1.165) is 12.8 Å². The summed E-state index contributed by atoms with van der Waals surface area (Å²) >= 11 is 0. The van der Waals surface area contributed by atoms with E-state index >= 15 is 0 Å². The lowest BCUT2D eigenvalue weighted by molar-refractivity contribution is -0.134. The molecule has 2 heterocycles. The molecule has 0 N–H and O–H groups in total. The van der Waals surface area contributed by atoms with Crippen molar-refractivity contribution in [2.45, 2.75) is 51.2 Å². The second-order valence-corrected chi connectivity index (χ2v) is 6.47. The molecule has 0 aromatic carbocycles. The van der Waals surface area contributed by atoms with Gasteiger partial charge in [-0.1, -0.05) is 0 Å². The lowest BCUT2D eigenvalue weighted by Gasteiger charge is -2.29. The van der Waals surface area contributed by atoms with Crippen LogP contribution in [0.1, 0.15) is 38.2 Å². The van der Waals surface area contributed by atoms with Gasteiger partial charge in [-0.15, -0.1) is 0 Å². The van der Waals surface area contributed by atoms with E-state index in [4.69, 9.17) is 5.26 Å². The van der Waals surface area contributed by atoms with E-state index in [2.05, 4.69) is 23.0 Å². The fraction of sp³-hybridized carbons (Fsp3) is 0.562. The van der Waals surface area contributed by atoms with E-state index in [9.17, 15) is 4.79 Å². The van der Waals surface area contributed by atoms with Crippen molar-refractivity contribution in [3.05, 3.63) is 24.2 Å². The van der Waals surface area contributed by atoms with Crippen molar-refractivity contribution in [1.82, 2.24) is 19.1 Å². The van der Waals surface area contributed by atoms with E-state index in [1.54, 1.807) is 16.9 Å². The van der Waals surface area contributed by atoms with Gasteiger partial charge in [-0.05, 0) is 38.5 Å². The highest BCUT2D eigenvalue weighted by Gasteiger charge is 2.41. The van der Waals surface area contributed by atoms with Crippen molar-refractivity contribution in [2.75, 3.05) is 0 Å². The number of fused-ring (bicyclic) bond motifs is 1. The highest BCUT2D eigenvalue weighted by molar-refractivity contribution is 5.78. The number of hydrogen-bond acceptors (Lipinski definition) is 3. The Balaban J connectivity index is 1.59. The van der Waals surface area contributed by atoms with Crippen LogP contribution >= 0.6 is 0 Å². The maximum absolute atomic E-state index is 12.8. The molecule has 2 saturated carbocycles. The summed E-state index contributed by atoms with van der Waals surface area (Å²) in [5, 5.41) is 13.3. The van der Waals surface area contributed by atoms with E-state index in [1.165, 1.54) is 12.8 Å². The monoisotopic (exact) mass is 297 g/mol. The van der Waals surface area contributed by atoms with Gasteiger partial charge in [0.25, 0.3) is 0 Å². The van der Waals surface area contributed by atoms with E-state index in [1.807, 2.05) is 10.8 Å². The van der Waals surface area contributed by atoms with Crippen LogP contribution in [0.15, 0.2) is 18.6 Å². The maximum Gasteiger partial charge on any atom is 0.243 e. The normalized spacial score (nSPS) is 19.1. The summed E-state index contributed by atoms with van der Waals surface area (Å²) < 4.78 is 3.49. The van der Waals surface area contributed by atoms with Crippen LogP contribution < -0.4 is 0 Å². The van der Waals surface area contributed by atoms with Gasteiger partial charge in [0.1, 0.15) is 18.2 Å². The number of hydrogen-bond donors (Lipinski definition) is 0. The summed E-state index contributed by atoms with van der Waals surface area (Å²) in [6.45, 7) is 2.46. The molecule has 22 heavy (non-hydrogen) atoms. The standard InChI is InChI=1S/C16H19N5O/c1-11(12-2-3-12)21(14-4-5-14)15(22)10-19-6-7-20-16(19)13(8-17)9-18-20/h6-7,9,11-12,14H,2-5,10H2,1H3/t11-/m0/s1. The highest BCUT2D eigenvalue weighted by Crippen LogP contribution is 2.39. The minimum absolute atomic E-state index is 0.157. The largest absolute Gasteiger partial charge is 0.335 e. The lowest BCUT2D eigenvalue weighted by Crippen LogP contribution is -2.43. The Labute approximate surface area is 128 Å². The zero-order chi connectivity index (χ0) is 15.3. The molecule has 0 unspecified atom stereocenters. The second-order valence-electron chi connectivity index (χ2n) is 6.47. The van der Waals surface area contributed by atoms with Gasteiger partial charge in [0, 0.05) is 24.5 Å². The number of imidazole rings is 1. The molecule has 1 atom stereocenters. The number of nitriles is 1. The second kappa shape index (κ2) is 4.87. The van der Waals surface area contributed by atoms with Crippen LogP contribution in [0.3, 0.4) is 0 Å². The molecule has 2 aromatic rings. The molecule has 6 nitrogen and oxygen atoms in total. The topological polar surface area (TPSA) is 66.3 Å². The summed E-state index contributed by atoms with van der Waals surface area (Å²) in [6.07, 6.45) is 9.89. The van der Waals surface area contributed by atoms with Gasteiger partial charge in [0.05, 0.1) is 6.20 Å². The Bertz CT molecular complexity index is 759. The lowest BCUT2D eigenvalue weighted by atomic mass is 10.1. The maximum atomic E-state index is 12.8. The first-order valence-electron chi connectivity index (χ1n) is 7.93. The number of amides is 1. The van der Waals surface area contributed by atoms with Gasteiger partial charge in [-0.25, -0.2) is 4.52 Å². The molecule has 4 rings (SSSR count). The quantitative estimate of drug-likeness (QED) is 0.845. The van der Waals surface area contributed by atoms with Gasteiger partial charge in [-0.2, -0.15) is 10.4 Å². The molecule has 0 aliphatic heterocycles. The Morgan fingerprint density at radius 3 is 2.86 bits per heavy atom. The fourth-order valence-corrected chi connectivity index (χ4v) is 3.32. The van der Waals surface area contributed by atoms with Crippen molar-refractivity contribution in [1.29, 1.82) is 5.26 Å². The molecule has 2 aliphatic rings. The predicted molar refractivity (Wildman–Crippen MR) is 80.0 cm³/mol. The fourth-order valence-electron chi connectivity index (χ4n) is 3.32. The number of rotatable bonds is 5. The first-order valence-corrected chi connectivity index (χ1v) is 7.93. The summed E-state index contributed by atoms with van der Waals surface area (Å²) in [5.74, 6) is 0.837. The summed E-state index contributed by atoms with van der Waals surface area (Å²) in [4.78, 5) is 14.9. The first kappa shape index (κ1) is 13.4. The van der Waals surface area contributed by atoms with Crippen LogP contribution in [0.25, 0.3) is 5.65 Å². The zero-order valence-electron chi connectivity index (χ0n) is 12.6. The SMILES string of the molecule is C[C@@H](C1CC1)N(C(=O)Cn1ccn2ncc(C#N)c12)C1CC1. The number of carbonyl (C=O) groups is 1. The Morgan fingerprint density at radius 1 is 1.45 bits per heavy atom. The van der Waals surface area contributed by atoms with Gasteiger partial charge >= 0.3 is 0 Å². The minimum Gasteiger partial charge on any atom is -0.335 e. The Hall–Kier alpha value is -2.29. The number of carbonyl (C=O) groups excluding carboxylic acids is 1. The molecule has 0 bridgehead atoms. The predicted octanol–water partition coefficient (Wildman–Crippen LogP) is 1.80. The smallest absolute Gasteiger partial charge is 0.243 e. The third-order valence-corrected chi connectivity index (χ3v) is 4.83. The number of nitrogens with zero attached hydrogens (tertiary/aromatic N) is 5. The van der Waals surface area contributed by atoms with Gasteiger partial charge in [0.15, 0.2) is 5.65 Å². The summed E-state index contributed by atoms with van der Waals surface area (Å²) in [6, 6.07) is 2.90. The molecule has 6 heteroatoms. The molecule has 0 spiro atoms. The van der Waals surface area contributed by atoms with Crippen molar-refractivity contribution in [3.63, 3.8) is 0 Å². The van der Waals surface area contributed by atoms with Gasteiger partial charge in [-0.3, -0.25) is 4.79 Å². The molecular weight excluding hydrogens is 278 g/mol. The van der Waals surface area contributed by atoms with E-state index in [-0.39, 0.29) is 12.5 Å². The van der Waals surface area contributed by atoms with Crippen LogP contribution in [0.5, 0.6) is 0 Å². The van der Waals surface area contributed by atoms with Crippen LogP contribution in [0.2, 0.25) is 0 Å². The summed E-state index contributed by atoms with van der Waals surface area (Å²) in [7, 11) is 0. The average Bonchev–Trinajstić information content (AvgIpc) is 3.41. The average molecular weight is 297 g/mol. The van der Waals surface area contributed by atoms with Crippen molar-refractivity contribution < 1.29 is 4.79 Å². The summed E-state index contributed by atoms with van der Waals surface area (Å²) in [5.41, 5.74) is 1.21. The first-order chi connectivity index (χ1) is 10.7. The Kier molecular flexibility index (Phi) is 2.96. The molecule has 2 aromatic heterocycles. The van der Waals surface area contributed by atoms with Crippen molar-refractivity contribution >= 4 is 11.6 Å². The molecule has 2 aliphatic carbocycles. The molecular formula is C16H19N5O. The minimum atomic E-state index is 0.157. The molecule has 114 valence electrons.